The van der Waals surface area contributed by atoms with Gasteiger partial charge < -0.3 is 25.6 Å². The molecule has 1 saturated heterocycles. The van der Waals surface area contributed by atoms with Crippen molar-refractivity contribution in [3.63, 3.8) is 0 Å². The van der Waals surface area contributed by atoms with Gasteiger partial charge in [-0.25, -0.2) is 8.78 Å². The number of carbonyl (C=O) groups excluding carboxylic acids is 1. The van der Waals surface area contributed by atoms with Crippen molar-refractivity contribution in [3.05, 3.63) is 86.9 Å². The molecule has 0 saturated carbocycles. The SMILES string of the molecule is CNC(=O)c1cc2c(c(F)c1-c1c(Cl)c(F)cc3c1[C@H](O)[C@](c1ccccc1)([C@@H]1CCCN1)O3)[C@@H](O)CC2. The molecule has 9 heteroatoms. The Kier molecular flexibility index (Phi) is 6.18. The fourth-order valence-corrected chi connectivity index (χ4v) is 6.63. The van der Waals surface area contributed by atoms with E-state index in [1.807, 2.05) is 30.3 Å². The summed E-state index contributed by atoms with van der Waals surface area (Å²) in [6, 6.07) is 11.4. The standard InChI is InChI=1S/C29H27ClF2N2O4/c1-33-28(37)16-12-14-9-10-18(35)21(14)26(32)22(16)24-23-19(13-17(31)25(24)30)38-29(27(23)36,20-8-5-11-34-20)15-6-3-2-4-7-15/h2-4,6-7,12-13,18,20,27,34-36H,5,8-11H2,1H3,(H,33,37)/t18-,20-,27-,29-/m0/s1. The third-order valence-electron chi connectivity index (χ3n) is 8.12. The van der Waals surface area contributed by atoms with Gasteiger partial charge in [-0.05, 0) is 49.4 Å². The van der Waals surface area contributed by atoms with Crippen molar-refractivity contribution in [1.82, 2.24) is 10.6 Å². The Balaban J connectivity index is 1.65. The topological polar surface area (TPSA) is 90.8 Å². The quantitative estimate of drug-likeness (QED) is 0.385. The van der Waals surface area contributed by atoms with E-state index in [1.54, 1.807) is 0 Å². The van der Waals surface area contributed by atoms with Crippen LogP contribution in [0.4, 0.5) is 8.78 Å². The van der Waals surface area contributed by atoms with Crippen molar-refractivity contribution in [2.75, 3.05) is 13.6 Å². The number of hydrogen-bond acceptors (Lipinski definition) is 5. The highest BCUT2D eigenvalue weighted by molar-refractivity contribution is 6.34. The first-order valence-corrected chi connectivity index (χ1v) is 13.1. The summed E-state index contributed by atoms with van der Waals surface area (Å²) >= 11 is 6.54. The molecule has 3 aromatic carbocycles. The van der Waals surface area contributed by atoms with Crippen LogP contribution >= 0.6 is 11.6 Å². The second-order valence-corrected chi connectivity index (χ2v) is 10.5. The molecule has 0 unspecified atom stereocenters. The molecule has 0 aromatic heterocycles. The average molecular weight is 541 g/mol. The Bertz CT molecular complexity index is 1440. The number of nitrogens with one attached hydrogen (secondary N) is 2. The second kappa shape index (κ2) is 9.31. The summed E-state index contributed by atoms with van der Waals surface area (Å²) in [5.41, 5.74) is -0.484. The lowest BCUT2D eigenvalue weighted by atomic mass is 9.77. The molecule has 0 radical (unpaired) electrons. The van der Waals surface area contributed by atoms with Gasteiger partial charge in [0.25, 0.3) is 5.91 Å². The molecule has 2 aliphatic heterocycles. The van der Waals surface area contributed by atoms with Crippen LogP contribution in [0.2, 0.25) is 5.02 Å². The molecular weight excluding hydrogens is 514 g/mol. The average Bonchev–Trinajstić information content (AvgIpc) is 3.65. The fraction of sp³-hybridized carbons (Fsp3) is 0.345. The molecule has 38 heavy (non-hydrogen) atoms. The van der Waals surface area contributed by atoms with Gasteiger partial charge in [-0.15, -0.1) is 0 Å². The van der Waals surface area contributed by atoms with Gasteiger partial charge in [0.15, 0.2) is 5.60 Å². The number of aryl methyl sites for hydroxylation is 1. The largest absolute Gasteiger partial charge is 0.477 e. The van der Waals surface area contributed by atoms with Gasteiger partial charge in [-0.2, -0.15) is 0 Å². The van der Waals surface area contributed by atoms with Gasteiger partial charge in [-0.1, -0.05) is 41.9 Å². The predicted molar refractivity (Wildman–Crippen MR) is 138 cm³/mol. The summed E-state index contributed by atoms with van der Waals surface area (Å²) in [4.78, 5) is 13.0. The highest BCUT2D eigenvalue weighted by Gasteiger charge is 2.57. The highest BCUT2D eigenvalue weighted by Crippen LogP contribution is 2.58. The number of carbonyl (C=O) groups is 1. The Morgan fingerprint density at radius 3 is 2.58 bits per heavy atom. The molecule has 1 fully saturated rings. The van der Waals surface area contributed by atoms with E-state index >= 15 is 8.78 Å². The summed E-state index contributed by atoms with van der Waals surface area (Å²) < 4.78 is 38.2. The number of aliphatic hydroxyl groups excluding tert-OH is 2. The van der Waals surface area contributed by atoms with E-state index < -0.39 is 40.4 Å². The van der Waals surface area contributed by atoms with Gasteiger partial charge in [0.05, 0.1) is 22.7 Å². The number of halogens is 3. The van der Waals surface area contributed by atoms with Crippen LogP contribution in [0.25, 0.3) is 11.1 Å². The lowest BCUT2D eigenvalue weighted by Gasteiger charge is -2.38. The van der Waals surface area contributed by atoms with Crippen molar-refractivity contribution in [3.8, 4) is 16.9 Å². The molecule has 4 N–H and O–H groups in total. The molecule has 6 nitrogen and oxygen atoms in total. The highest BCUT2D eigenvalue weighted by atomic mass is 35.5. The molecule has 198 valence electrons. The number of fused-ring (bicyclic) bond motifs is 2. The lowest BCUT2D eigenvalue weighted by Crippen LogP contribution is -2.51. The predicted octanol–water partition coefficient (Wildman–Crippen LogP) is 4.70. The minimum absolute atomic E-state index is 0.0234. The van der Waals surface area contributed by atoms with E-state index in [4.69, 9.17) is 16.3 Å². The summed E-state index contributed by atoms with van der Waals surface area (Å²) in [5, 5.41) is 28.1. The zero-order valence-electron chi connectivity index (χ0n) is 20.7. The van der Waals surface area contributed by atoms with E-state index in [9.17, 15) is 15.0 Å². The summed E-state index contributed by atoms with van der Waals surface area (Å²) in [5.74, 6) is -2.31. The van der Waals surface area contributed by atoms with Crippen LogP contribution in [-0.4, -0.2) is 35.8 Å². The minimum atomic E-state index is -1.38. The molecule has 4 atom stereocenters. The van der Waals surface area contributed by atoms with Crippen molar-refractivity contribution < 1.29 is 28.5 Å². The van der Waals surface area contributed by atoms with Gasteiger partial charge in [0, 0.05) is 35.4 Å². The van der Waals surface area contributed by atoms with E-state index in [1.165, 1.54) is 13.1 Å². The maximum Gasteiger partial charge on any atom is 0.251 e. The molecule has 2 heterocycles. The molecular formula is C29H27ClF2N2O4. The van der Waals surface area contributed by atoms with E-state index in [0.29, 0.717) is 36.9 Å². The zero-order chi connectivity index (χ0) is 26.8. The molecule has 0 spiro atoms. The van der Waals surface area contributed by atoms with Crippen molar-refractivity contribution in [2.45, 2.75) is 49.5 Å². The number of rotatable bonds is 4. The Hall–Kier alpha value is -3.04. The first-order valence-electron chi connectivity index (χ1n) is 12.7. The lowest BCUT2D eigenvalue weighted by molar-refractivity contribution is -0.0566. The van der Waals surface area contributed by atoms with E-state index in [-0.39, 0.29) is 39.6 Å². The molecule has 0 bridgehead atoms. The second-order valence-electron chi connectivity index (χ2n) is 10.1. The third kappa shape index (κ3) is 3.51. The maximum atomic E-state index is 16.3. The van der Waals surface area contributed by atoms with E-state index in [2.05, 4.69) is 10.6 Å². The molecule has 3 aliphatic rings. The van der Waals surface area contributed by atoms with Crippen LogP contribution in [0.5, 0.6) is 5.75 Å². The first kappa shape index (κ1) is 25.2. The van der Waals surface area contributed by atoms with Crippen LogP contribution in [0.15, 0.2) is 42.5 Å². The molecule has 6 rings (SSSR count). The van der Waals surface area contributed by atoms with Crippen LogP contribution < -0.4 is 15.4 Å². The molecule has 3 aromatic rings. The zero-order valence-corrected chi connectivity index (χ0v) is 21.4. The number of amides is 1. The Morgan fingerprint density at radius 2 is 1.89 bits per heavy atom. The number of hydrogen-bond donors (Lipinski definition) is 4. The molecule has 1 aliphatic carbocycles. The van der Waals surface area contributed by atoms with Crippen molar-refractivity contribution in [2.24, 2.45) is 0 Å². The van der Waals surface area contributed by atoms with E-state index in [0.717, 1.165) is 12.5 Å². The van der Waals surface area contributed by atoms with Crippen LogP contribution in [0.1, 0.15) is 64.1 Å². The third-order valence-corrected chi connectivity index (χ3v) is 8.48. The Labute approximate surface area is 223 Å². The first-order chi connectivity index (χ1) is 18.3. The van der Waals surface area contributed by atoms with Crippen LogP contribution in [0.3, 0.4) is 0 Å². The van der Waals surface area contributed by atoms with Gasteiger partial charge in [-0.3, -0.25) is 4.79 Å². The van der Waals surface area contributed by atoms with Crippen LogP contribution in [0, 0.1) is 11.6 Å². The number of benzene rings is 3. The normalized spacial score (nSPS) is 25.7. The number of ether oxygens (including phenoxy) is 1. The summed E-state index contributed by atoms with van der Waals surface area (Å²) in [7, 11) is 1.41. The maximum absolute atomic E-state index is 16.3. The monoisotopic (exact) mass is 540 g/mol. The fourth-order valence-electron chi connectivity index (χ4n) is 6.38. The molecule has 1 amide bonds. The minimum Gasteiger partial charge on any atom is -0.477 e. The van der Waals surface area contributed by atoms with Gasteiger partial charge in [0.1, 0.15) is 23.5 Å². The Morgan fingerprint density at radius 1 is 1.13 bits per heavy atom. The van der Waals surface area contributed by atoms with Gasteiger partial charge in [0.2, 0.25) is 0 Å². The van der Waals surface area contributed by atoms with Gasteiger partial charge >= 0.3 is 0 Å². The summed E-state index contributed by atoms with van der Waals surface area (Å²) in [6.45, 7) is 0.714. The van der Waals surface area contributed by atoms with Crippen molar-refractivity contribution >= 4 is 17.5 Å². The smallest absolute Gasteiger partial charge is 0.251 e. The van der Waals surface area contributed by atoms with Crippen LogP contribution in [-0.2, 0) is 12.0 Å². The summed E-state index contributed by atoms with van der Waals surface area (Å²) in [6.07, 6.45) is -0.217. The van der Waals surface area contributed by atoms with Crippen molar-refractivity contribution in [1.29, 1.82) is 0 Å². The number of aliphatic hydroxyl groups is 2.